The molecule has 4 heterocycles. The van der Waals surface area contributed by atoms with Gasteiger partial charge in [-0.3, -0.25) is 9.80 Å². The van der Waals surface area contributed by atoms with E-state index >= 15 is 0 Å². The van der Waals surface area contributed by atoms with Crippen molar-refractivity contribution < 1.29 is 14.4 Å². The molecule has 4 rings (SSSR count). The van der Waals surface area contributed by atoms with Crippen molar-refractivity contribution in [3.63, 3.8) is 0 Å². The van der Waals surface area contributed by atoms with Gasteiger partial charge in [0.25, 0.3) is 0 Å². The van der Waals surface area contributed by atoms with E-state index in [0.717, 1.165) is 38.5 Å². The third kappa shape index (κ3) is 2.79. The first kappa shape index (κ1) is 13.0. The lowest BCUT2D eigenvalue weighted by atomic mass is 10.1. The molecule has 106 valence electrons. The van der Waals surface area contributed by atoms with Crippen molar-refractivity contribution in [2.45, 2.75) is 18.6 Å². The van der Waals surface area contributed by atoms with Crippen molar-refractivity contribution in [2.24, 2.45) is 0 Å². The molecule has 0 saturated carbocycles. The molecule has 3 saturated heterocycles. The van der Waals surface area contributed by atoms with E-state index in [9.17, 15) is 5.11 Å². The maximum absolute atomic E-state index is 9.66. The highest BCUT2D eigenvalue weighted by Crippen LogP contribution is 2.26. The SMILES string of the molecule is COCC(O)Cc1nc(C2CN3CCN2CC3)no1. The highest BCUT2D eigenvalue weighted by atomic mass is 16.5. The molecule has 1 aromatic rings. The Labute approximate surface area is 112 Å². The van der Waals surface area contributed by atoms with Crippen LogP contribution < -0.4 is 0 Å². The summed E-state index contributed by atoms with van der Waals surface area (Å²) in [4.78, 5) is 9.25. The zero-order chi connectivity index (χ0) is 13.2. The second kappa shape index (κ2) is 5.54. The molecule has 2 bridgehead atoms. The first-order chi connectivity index (χ1) is 9.26. The van der Waals surface area contributed by atoms with Crippen LogP contribution in [0.25, 0.3) is 0 Å². The van der Waals surface area contributed by atoms with Crippen molar-refractivity contribution in [3.8, 4) is 0 Å². The Morgan fingerprint density at radius 2 is 2.21 bits per heavy atom. The molecule has 1 N–H and O–H groups in total. The summed E-state index contributed by atoms with van der Waals surface area (Å²) in [5.41, 5.74) is 0. The fraction of sp³-hybridized carbons (Fsp3) is 0.833. The number of hydrogen-bond donors (Lipinski definition) is 1. The maximum Gasteiger partial charge on any atom is 0.229 e. The number of fused-ring (bicyclic) bond motifs is 3. The minimum absolute atomic E-state index is 0.236. The third-order valence-corrected chi connectivity index (χ3v) is 3.83. The molecule has 2 atom stereocenters. The maximum atomic E-state index is 9.66. The molecule has 0 radical (unpaired) electrons. The summed E-state index contributed by atoms with van der Waals surface area (Å²) < 4.78 is 10.1. The van der Waals surface area contributed by atoms with Crippen LogP contribution in [0.15, 0.2) is 4.52 Å². The lowest BCUT2D eigenvalue weighted by molar-refractivity contribution is 0.00781. The Kier molecular flexibility index (Phi) is 3.79. The van der Waals surface area contributed by atoms with E-state index in [2.05, 4.69) is 19.9 Å². The summed E-state index contributed by atoms with van der Waals surface area (Å²) in [5, 5.41) is 13.7. The first-order valence-electron chi connectivity index (χ1n) is 6.72. The fourth-order valence-corrected chi connectivity index (χ4v) is 2.80. The number of nitrogens with zero attached hydrogens (tertiary/aromatic N) is 4. The van der Waals surface area contributed by atoms with Crippen molar-refractivity contribution in [1.82, 2.24) is 19.9 Å². The van der Waals surface area contributed by atoms with E-state index in [-0.39, 0.29) is 12.6 Å². The lowest BCUT2D eigenvalue weighted by Gasteiger charge is -2.46. The number of rotatable bonds is 5. The summed E-state index contributed by atoms with van der Waals surface area (Å²) in [5.74, 6) is 1.22. The first-order valence-corrected chi connectivity index (χ1v) is 6.72. The Balaban J connectivity index is 1.64. The zero-order valence-corrected chi connectivity index (χ0v) is 11.2. The van der Waals surface area contributed by atoms with Crippen LogP contribution in [-0.2, 0) is 11.2 Å². The Hall–Kier alpha value is -1.02. The van der Waals surface area contributed by atoms with Gasteiger partial charge in [-0.15, -0.1) is 0 Å². The second-order valence-electron chi connectivity index (χ2n) is 5.21. The molecule has 0 aromatic carbocycles. The van der Waals surface area contributed by atoms with Gasteiger partial charge < -0.3 is 14.4 Å². The Morgan fingerprint density at radius 1 is 1.42 bits per heavy atom. The van der Waals surface area contributed by atoms with Crippen LogP contribution in [0, 0.1) is 0 Å². The van der Waals surface area contributed by atoms with Crippen LogP contribution in [0.3, 0.4) is 0 Å². The van der Waals surface area contributed by atoms with Crippen molar-refractivity contribution >= 4 is 0 Å². The van der Waals surface area contributed by atoms with Gasteiger partial charge in [0, 0.05) is 39.8 Å². The topological polar surface area (TPSA) is 74.9 Å². The molecule has 19 heavy (non-hydrogen) atoms. The van der Waals surface area contributed by atoms with Gasteiger partial charge in [0.2, 0.25) is 5.89 Å². The summed E-state index contributed by atoms with van der Waals surface area (Å²) in [7, 11) is 1.56. The van der Waals surface area contributed by atoms with Crippen LogP contribution in [0.1, 0.15) is 17.8 Å². The van der Waals surface area contributed by atoms with Crippen LogP contribution in [0.5, 0.6) is 0 Å². The molecule has 3 fully saturated rings. The smallest absolute Gasteiger partial charge is 0.229 e. The molecule has 7 nitrogen and oxygen atoms in total. The van der Waals surface area contributed by atoms with Gasteiger partial charge in [0.05, 0.1) is 25.2 Å². The largest absolute Gasteiger partial charge is 0.390 e. The number of aromatic nitrogens is 2. The lowest BCUT2D eigenvalue weighted by Crippen LogP contribution is -2.57. The molecular formula is C12H20N4O3. The average Bonchev–Trinajstić information content (AvgIpc) is 2.88. The normalized spacial score (nSPS) is 31.6. The van der Waals surface area contributed by atoms with Gasteiger partial charge in [-0.25, -0.2) is 0 Å². The van der Waals surface area contributed by atoms with Crippen LogP contribution in [0.2, 0.25) is 0 Å². The van der Waals surface area contributed by atoms with Crippen molar-refractivity contribution in [1.29, 1.82) is 0 Å². The molecule has 0 spiro atoms. The molecule has 0 aliphatic carbocycles. The third-order valence-electron chi connectivity index (χ3n) is 3.83. The standard InChI is InChI=1S/C12H20N4O3/c1-18-8-9(17)6-11-13-12(14-19-11)10-7-15-2-4-16(10)5-3-15/h9-10,17H,2-8H2,1H3. The van der Waals surface area contributed by atoms with E-state index in [0.29, 0.717) is 12.3 Å². The summed E-state index contributed by atoms with van der Waals surface area (Å²) in [6.45, 7) is 5.66. The van der Waals surface area contributed by atoms with E-state index < -0.39 is 6.10 Å². The van der Waals surface area contributed by atoms with E-state index in [1.54, 1.807) is 7.11 Å². The van der Waals surface area contributed by atoms with E-state index in [1.807, 2.05) is 0 Å². The summed E-state index contributed by atoms with van der Waals surface area (Å²) in [6, 6.07) is 0.236. The summed E-state index contributed by atoms with van der Waals surface area (Å²) in [6.07, 6.45) is -0.248. The van der Waals surface area contributed by atoms with Gasteiger partial charge in [-0.2, -0.15) is 4.98 Å². The van der Waals surface area contributed by atoms with E-state index in [4.69, 9.17) is 9.26 Å². The van der Waals surface area contributed by atoms with Crippen LogP contribution >= 0.6 is 0 Å². The predicted molar refractivity (Wildman–Crippen MR) is 66.6 cm³/mol. The van der Waals surface area contributed by atoms with Crippen LogP contribution in [0.4, 0.5) is 0 Å². The number of hydrogen-bond acceptors (Lipinski definition) is 7. The Morgan fingerprint density at radius 3 is 2.84 bits per heavy atom. The van der Waals surface area contributed by atoms with Gasteiger partial charge in [0.15, 0.2) is 5.82 Å². The van der Waals surface area contributed by atoms with Gasteiger partial charge in [-0.1, -0.05) is 5.16 Å². The van der Waals surface area contributed by atoms with Crippen molar-refractivity contribution in [3.05, 3.63) is 11.7 Å². The number of ether oxygens (including phenoxy) is 1. The fourth-order valence-electron chi connectivity index (χ4n) is 2.80. The quantitative estimate of drug-likeness (QED) is 0.756. The van der Waals surface area contributed by atoms with Gasteiger partial charge in [0.1, 0.15) is 0 Å². The highest BCUT2D eigenvalue weighted by Gasteiger charge is 2.35. The molecule has 3 aliphatic rings. The number of aliphatic hydroxyl groups is 1. The predicted octanol–water partition coefficient (Wildman–Crippen LogP) is -0.708. The molecule has 3 aliphatic heterocycles. The zero-order valence-electron chi connectivity index (χ0n) is 11.2. The molecular weight excluding hydrogens is 248 g/mol. The molecule has 7 heteroatoms. The Bertz CT molecular complexity index is 417. The molecule has 1 aromatic heterocycles. The second-order valence-corrected chi connectivity index (χ2v) is 5.21. The highest BCUT2D eigenvalue weighted by molar-refractivity contribution is 5.01. The average molecular weight is 268 g/mol. The number of aliphatic hydroxyl groups excluding tert-OH is 1. The van der Waals surface area contributed by atoms with Gasteiger partial charge >= 0.3 is 0 Å². The monoisotopic (exact) mass is 268 g/mol. The number of methoxy groups -OCH3 is 1. The number of piperazine rings is 3. The molecule has 0 amide bonds. The minimum Gasteiger partial charge on any atom is -0.390 e. The van der Waals surface area contributed by atoms with E-state index in [1.165, 1.54) is 0 Å². The molecule has 2 unspecified atom stereocenters. The minimum atomic E-state index is -0.592. The van der Waals surface area contributed by atoms with Crippen LogP contribution in [-0.4, -0.2) is 77.6 Å². The summed E-state index contributed by atoms with van der Waals surface area (Å²) >= 11 is 0. The van der Waals surface area contributed by atoms with Crippen molar-refractivity contribution in [2.75, 3.05) is 46.4 Å². The van der Waals surface area contributed by atoms with Gasteiger partial charge in [-0.05, 0) is 0 Å².